The first-order valence-electron chi connectivity index (χ1n) is 13.0. The van der Waals surface area contributed by atoms with Crippen LogP contribution in [0, 0.1) is 0 Å². The molecule has 2 fully saturated rings. The third kappa shape index (κ3) is 5.27. The van der Waals surface area contributed by atoms with Crippen LogP contribution in [0.25, 0.3) is 22.0 Å². The Balaban J connectivity index is 1.29. The number of anilines is 2. The summed E-state index contributed by atoms with van der Waals surface area (Å²) in [7, 11) is -3.39. The van der Waals surface area contributed by atoms with E-state index in [0.717, 1.165) is 42.0 Å². The molecule has 2 aromatic heterocycles. The average molecular weight is 531 g/mol. The number of sulfonamides is 1. The molecule has 0 bridgehead atoms. The molecule has 0 unspecified atom stereocenters. The molecule has 9 nitrogen and oxygen atoms in total. The van der Waals surface area contributed by atoms with Gasteiger partial charge in [0.15, 0.2) is 0 Å². The lowest BCUT2D eigenvalue weighted by atomic mass is 9.92. The minimum atomic E-state index is -3.39. The number of nitrogens with zero attached hydrogens (tertiary/aromatic N) is 3. The molecule has 4 aromatic rings. The fourth-order valence-electron chi connectivity index (χ4n) is 4.86. The van der Waals surface area contributed by atoms with E-state index in [1.54, 1.807) is 24.5 Å². The van der Waals surface area contributed by atoms with Crippen LogP contribution in [-0.2, 0) is 10.0 Å². The Morgan fingerprint density at radius 1 is 0.842 bits per heavy atom. The fraction of sp³-hybridized carbons (Fsp3) is 0.321. The van der Waals surface area contributed by atoms with Crippen LogP contribution in [0.5, 0.6) is 11.6 Å². The lowest BCUT2D eigenvalue weighted by Crippen LogP contribution is -2.33. The number of hydrogen-bond donors (Lipinski definition) is 3. The summed E-state index contributed by atoms with van der Waals surface area (Å²) in [4.78, 5) is 13.7. The summed E-state index contributed by atoms with van der Waals surface area (Å²) < 4.78 is 34.3. The van der Waals surface area contributed by atoms with Gasteiger partial charge < -0.3 is 15.8 Å². The molecular weight excluding hydrogens is 500 g/mol. The predicted molar refractivity (Wildman–Crippen MR) is 149 cm³/mol. The summed E-state index contributed by atoms with van der Waals surface area (Å²) >= 11 is 0. The average Bonchev–Trinajstić information content (AvgIpc) is 3.79. The van der Waals surface area contributed by atoms with E-state index in [1.807, 2.05) is 42.5 Å². The Labute approximate surface area is 221 Å². The highest BCUT2D eigenvalue weighted by molar-refractivity contribution is 7.93. The van der Waals surface area contributed by atoms with Gasteiger partial charge in [0, 0.05) is 35.2 Å². The molecule has 38 heavy (non-hydrogen) atoms. The zero-order valence-corrected chi connectivity index (χ0v) is 21.7. The van der Waals surface area contributed by atoms with Crippen LogP contribution in [0.15, 0.2) is 67.0 Å². The van der Waals surface area contributed by atoms with E-state index in [2.05, 4.69) is 20.0 Å². The second kappa shape index (κ2) is 10.2. The van der Waals surface area contributed by atoms with Gasteiger partial charge in [-0.2, -0.15) is 0 Å². The number of aromatic nitrogens is 3. The van der Waals surface area contributed by atoms with Gasteiger partial charge in [0.2, 0.25) is 21.9 Å². The van der Waals surface area contributed by atoms with Crippen molar-refractivity contribution < 1.29 is 13.2 Å². The molecule has 2 aromatic carbocycles. The molecule has 10 heteroatoms. The van der Waals surface area contributed by atoms with Crippen molar-refractivity contribution in [3.63, 3.8) is 0 Å². The summed E-state index contributed by atoms with van der Waals surface area (Å²) in [5.74, 6) is 1.54. The van der Waals surface area contributed by atoms with E-state index >= 15 is 0 Å². The molecule has 2 saturated carbocycles. The van der Waals surface area contributed by atoms with Crippen LogP contribution < -0.4 is 20.5 Å². The van der Waals surface area contributed by atoms with E-state index in [1.165, 1.54) is 0 Å². The molecule has 0 radical (unpaired) electrons. The first-order valence-corrected chi connectivity index (χ1v) is 14.5. The number of nitrogens with one attached hydrogen (secondary N) is 2. The number of hydrogen-bond acceptors (Lipinski definition) is 8. The monoisotopic (exact) mass is 530 g/mol. The van der Waals surface area contributed by atoms with Crippen molar-refractivity contribution in [3.8, 4) is 22.9 Å². The smallest absolute Gasteiger partial charge is 0.235 e. The van der Waals surface area contributed by atoms with Crippen LogP contribution in [0.4, 0.5) is 11.6 Å². The Kier molecular flexibility index (Phi) is 6.59. The molecule has 6 rings (SSSR count). The van der Waals surface area contributed by atoms with Crippen molar-refractivity contribution >= 4 is 32.4 Å². The summed E-state index contributed by atoms with van der Waals surface area (Å²) in [6.07, 6.45) is 8.78. The highest BCUT2D eigenvalue weighted by atomic mass is 32.2. The third-order valence-corrected chi connectivity index (χ3v) is 8.97. The minimum absolute atomic E-state index is 0.277. The first-order chi connectivity index (χ1) is 18.5. The molecule has 4 N–H and O–H groups in total. The largest absolute Gasteiger partial charge is 0.438 e. The lowest BCUT2D eigenvalue weighted by Gasteiger charge is -2.26. The lowest BCUT2D eigenvalue weighted by molar-refractivity contribution is 0.410. The second-order valence-corrected chi connectivity index (χ2v) is 11.9. The predicted octanol–water partition coefficient (Wildman–Crippen LogP) is 5.07. The van der Waals surface area contributed by atoms with Gasteiger partial charge in [0.25, 0.3) is 0 Å². The maximum absolute atomic E-state index is 12.6. The molecule has 2 heterocycles. The van der Waals surface area contributed by atoms with E-state index < -0.39 is 10.0 Å². The molecule has 0 atom stereocenters. The van der Waals surface area contributed by atoms with Crippen molar-refractivity contribution in [1.82, 2.24) is 15.0 Å². The Bertz CT molecular complexity index is 1570. The summed E-state index contributed by atoms with van der Waals surface area (Å²) in [6, 6.07) is 17.2. The molecule has 0 spiro atoms. The SMILES string of the molecule is NC1CCC(Nc2nccc(-c3cccnc3Oc3ccc(NS(=O)(=O)C4CC4)c4ccccc34)n2)CC1. The Hall–Kier alpha value is -3.76. The normalized spacial score (nSPS) is 19.7. The third-order valence-electron chi connectivity index (χ3n) is 7.11. The molecule has 0 aliphatic heterocycles. The van der Waals surface area contributed by atoms with E-state index in [0.29, 0.717) is 47.8 Å². The maximum atomic E-state index is 12.6. The number of fused-ring (bicyclic) bond motifs is 1. The molecule has 2 aliphatic rings. The quantitative estimate of drug-likeness (QED) is 0.288. The summed E-state index contributed by atoms with van der Waals surface area (Å²) in [5.41, 5.74) is 8.00. The van der Waals surface area contributed by atoms with Crippen LogP contribution in [0.3, 0.4) is 0 Å². The molecule has 2 aliphatic carbocycles. The van der Waals surface area contributed by atoms with Crippen molar-refractivity contribution in [2.75, 3.05) is 10.0 Å². The summed E-state index contributed by atoms with van der Waals surface area (Å²) in [5, 5.41) is 4.67. The van der Waals surface area contributed by atoms with Gasteiger partial charge >= 0.3 is 0 Å². The Morgan fingerprint density at radius 2 is 1.63 bits per heavy atom. The number of ether oxygens (including phenoxy) is 1. The van der Waals surface area contributed by atoms with Crippen LogP contribution in [0.2, 0.25) is 0 Å². The topological polar surface area (TPSA) is 132 Å². The fourth-order valence-corrected chi connectivity index (χ4v) is 6.27. The molecule has 196 valence electrons. The van der Waals surface area contributed by atoms with Gasteiger partial charge in [0.05, 0.1) is 22.2 Å². The van der Waals surface area contributed by atoms with Gasteiger partial charge in [-0.3, -0.25) is 4.72 Å². The van der Waals surface area contributed by atoms with Gasteiger partial charge in [-0.05, 0) is 68.9 Å². The number of benzene rings is 2. The van der Waals surface area contributed by atoms with Gasteiger partial charge in [0.1, 0.15) is 5.75 Å². The highest BCUT2D eigenvalue weighted by Gasteiger charge is 2.36. The zero-order valence-electron chi connectivity index (χ0n) is 20.9. The van der Waals surface area contributed by atoms with Crippen molar-refractivity contribution in [1.29, 1.82) is 0 Å². The van der Waals surface area contributed by atoms with E-state index in [9.17, 15) is 8.42 Å². The molecular formula is C28H30N6O3S. The van der Waals surface area contributed by atoms with E-state index in [4.69, 9.17) is 15.5 Å². The van der Waals surface area contributed by atoms with Crippen LogP contribution in [-0.4, -0.2) is 40.7 Å². The molecule has 0 amide bonds. The second-order valence-electron chi connectivity index (χ2n) is 9.98. The highest BCUT2D eigenvalue weighted by Crippen LogP contribution is 2.38. The first kappa shape index (κ1) is 24.6. The van der Waals surface area contributed by atoms with Crippen LogP contribution in [0.1, 0.15) is 38.5 Å². The van der Waals surface area contributed by atoms with Crippen LogP contribution >= 0.6 is 0 Å². The number of nitrogens with two attached hydrogens (primary N) is 1. The van der Waals surface area contributed by atoms with Crippen molar-refractivity contribution in [3.05, 3.63) is 67.0 Å². The van der Waals surface area contributed by atoms with Gasteiger partial charge in [-0.1, -0.05) is 24.3 Å². The maximum Gasteiger partial charge on any atom is 0.235 e. The van der Waals surface area contributed by atoms with Gasteiger partial charge in [-0.25, -0.2) is 23.4 Å². The van der Waals surface area contributed by atoms with E-state index in [-0.39, 0.29) is 11.3 Å². The molecule has 0 saturated heterocycles. The number of rotatable bonds is 8. The zero-order chi connectivity index (χ0) is 26.1. The summed E-state index contributed by atoms with van der Waals surface area (Å²) in [6.45, 7) is 0. The van der Waals surface area contributed by atoms with Gasteiger partial charge in [-0.15, -0.1) is 0 Å². The van der Waals surface area contributed by atoms with Crippen molar-refractivity contribution in [2.24, 2.45) is 5.73 Å². The van der Waals surface area contributed by atoms with Crippen molar-refractivity contribution in [2.45, 2.75) is 55.9 Å². The number of pyridine rings is 1. The minimum Gasteiger partial charge on any atom is -0.438 e. The Morgan fingerprint density at radius 3 is 2.42 bits per heavy atom. The standard InChI is InChI=1S/C28H30N6O3S/c29-18-7-9-19(10-8-18)32-28-31-17-15-24(33-28)23-6-3-16-30-27(23)37-26-14-13-25(21-4-1-2-5-22(21)26)34-38(35,36)20-11-12-20/h1-6,13-20,34H,7-12,29H2,(H,31,32,33).